The lowest BCUT2D eigenvalue weighted by Crippen LogP contribution is -2.30. The fourth-order valence-corrected chi connectivity index (χ4v) is 13.5. The summed E-state index contributed by atoms with van der Waals surface area (Å²) in [4.78, 5) is 72.8. The van der Waals surface area contributed by atoms with Crippen LogP contribution in [0.25, 0.3) is 0 Å². The summed E-state index contributed by atoms with van der Waals surface area (Å²) in [5.74, 6) is 0.909. The Bertz CT molecular complexity index is 1900. The highest BCUT2D eigenvalue weighted by Gasteiger charge is 2.30. The molecule has 0 radical (unpaired) electrons. The molecule has 0 aromatic carbocycles. The number of aliphatic hydroxyl groups excluding tert-OH is 1. The SMILES string of the molecule is CC(C)CCCCCCCCCCCCCCCCCCC(=O)OC[C@H](COP(=O)(O)OCC(O)COP(=O)(O)OC[C@@H](COC(=O)CCCCCCCCCCC(C)C)OC(=O)CCCCCCCCCC(C)C)OC(=O)CCCCCCCCCCCCCCCCC(C)C. The van der Waals surface area contributed by atoms with Crippen LogP contribution in [-0.2, 0) is 65.4 Å². The number of carbonyl (C=O) groups is 4. The standard InChI is InChI=1S/C78H152O17P2/c1-68(2)54-46-38-30-23-19-15-11-9-10-12-17-21-25-34-42-50-58-75(80)88-64-73(94-77(82)60-52-44-36-26-22-18-14-13-16-20-24-31-39-47-55-69(3)4)66-92-96(84,85)90-62-72(79)63-91-97(86,87)93-67-74(95-78(83)61-53-45-37-29-33-41-49-57-71(7)8)65-89-76(81)59-51-43-35-28-27-32-40-48-56-70(5)6/h68-74,79H,9-67H2,1-8H3,(H,84,85)(H,86,87)/t72?,73-,74-/m1/s1. The van der Waals surface area contributed by atoms with Crippen molar-refractivity contribution in [3.05, 3.63) is 0 Å². The number of hydrogen-bond acceptors (Lipinski definition) is 15. The Morgan fingerprint density at radius 3 is 0.639 bits per heavy atom. The number of phosphoric acid groups is 2. The van der Waals surface area contributed by atoms with Gasteiger partial charge in [0.05, 0.1) is 26.4 Å². The Labute approximate surface area is 594 Å². The van der Waals surface area contributed by atoms with Crippen molar-refractivity contribution in [1.29, 1.82) is 0 Å². The van der Waals surface area contributed by atoms with Crippen molar-refractivity contribution in [2.75, 3.05) is 39.6 Å². The number of carbonyl (C=O) groups excluding carboxylic acids is 4. The molecule has 0 amide bonds. The monoisotopic (exact) mass is 1420 g/mol. The average Bonchev–Trinajstić information content (AvgIpc) is 1.24. The van der Waals surface area contributed by atoms with Gasteiger partial charge in [-0.25, -0.2) is 9.13 Å². The molecule has 0 saturated carbocycles. The summed E-state index contributed by atoms with van der Waals surface area (Å²) < 4.78 is 68.5. The lowest BCUT2D eigenvalue weighted by atomic mass is 10.0. The molecule has 0 aliphatic rings. The Hall–Kier alpha value is -1.94. The van der Waals surface area contributed by atoms with Gasteiger partial charge in [-0.15, -0.1) is 0 Å². The molecule has 3 N–H and O–H groups in total. The second-order valence-electron chi connectivity index (χ2n) is 30.0. The predicted molar refractivity (Wildman–Crippen MR) is 395 cm³/mol. The highest BCUT2D eigenvalue weighted by Crippen LogP contribution is 2.45. The van der Waals surface area contributed by atoms with Gasteiger partial charge in [0.2, 0.25) is 0 Å². The molecular formula is C78H152O17P2. The third-order valence-corrected chi connectivity index (χ3v) is 20.0. The molecule has 3 unspecified atom stereocenters. The number of rotatable bonds is 75. The number of aliphatic hydroxyl groups is 1. The van der Waals surface area contributed by atoms with Gasteiger partial charge in [-0.3, -0.25) is 37.3 Å². The summed E-state index contributed by atoms with van der Waals surface area (Å²) in [7, 11) is -9.91. The quantitative estimate of drug-likeness (QED) is 0.0222. The number of unbranched alkanes of at least 4 members (excludes halogenated alkanes) is 41. The van der Waals surface area contributed by atoms with E-state index in [9.17, 15) is 43.2 Å². The molecule has 19 heteroatoms. The van der Waals surface area contributed by atoms with E-state index in [1.807, 2.05) is 0 Å². The van der Waals surface area contributed by atoms with Gasteiger partial charge >= 0.3 is 39.5 Å². The number of phosphoric ester groups is 2. The van der Waals surface area contributed by atoms with E-state index in [1.165, 1.54) is 199 Å². The molecule has 0 rings (SSSR count). The minimum Gasteiger partial charge on any atom is -0.462 e. The zero-order chi connectivity index (χ0) is 71.7. The molecule has 0 aromatic rings. The summed E-state index contributed by atoms with van der Waals surface area (Å²) in [5, 5.41) is 10.6. The minimum atomic E-state index is -4.96. The maximum Gasteiger partial charge on any atom is 0.472 e. The van der Waals surface area contributed by atoms with Gasteiger partial charge in [-0.2, -0.15) is 0 Å². The maximum absolute atomic E-state index is 13.1. The van der Waals surface area contributed by atoms with E-state index in [0.29, 0.717) is 31.6 Å². The third-order valence-electron chi connectivity index (χ3n) is 18.1. The van der Waals surface area contributed by atoms with E-state index < -0.39 is 97.5 Å². The van der Waals surface area contributed by atoms with Gasteiger partial charge in [-0.1, -0.05) is 344 Å². The zero-order valence-corrected chi connectivity index (χ0v) is 65.5. The molecule has 0 heterocycles. The van der Waals surface area contributed by atoms with Crippen molar-refractivity contribution in [1.82, 2.24) is 0 Å². The molecule has 17 nitrogen and oxygen atoms in total. The van der Waals surface area contributed by atoms with Crippen molar-refractivity contribution in [3.63, 3.8) is 0 Å². The predicted octanol–water partition coefficient (Wildman–Crippen LogP) is 22.8. The first kappa shape index (κ1) is 95.1. The molecule has 0 aliphatic heterocycles. The van der Waals surface area contributed by atoms with Crippen LogP contribution >= 0.6 is 15.6 Å². The van der Waals surface area contributed by atoms with E-state index in [4.69, 9.17) is 37.0 Å². The third kappa shape index (κ3) is 72.2. The van der Waals surface area contributed by atoms with Crippen molar-refractivity contribution < 1.29 is 80.2 Å². The second kappa shape index (κ2) is 67.2. The Morgan fingerprint density at radius 2 is 0.433 bits per heavy atom. The van der Waals surface area contributed by atoms with E-state index in [-0.39, 0.29) is 25.7 Å². The first-order valence-corrected chi connectivity index (χ1v) is 43.2. The van der Waals surface area contributed by atoms with Crippen molar-refractivity contribution in [2.45, 2.75) is 414 Å². The van der Waals surface area contributed by atoms with E-state index in [0.717, 1.165) is 108 Å². The summed E-state index contributed by atoms with van der Waals surface area (Å²) in [6.07, 6.45) is 52.9. The smallest absolute Gasteiger partial charge is 0.462 e. The molecule has 0 bridgehead atoms. The molecule has 0 aliphatic carbocycles. The van der Waals surface area contributed by atoms with Crippen molar-refractivity contribution >= 4 is 39.5 Å². The van der Waals surface area contributed by atoms with Crippen LogP contribution in [0.15, 0.2) is 0 Å². The van der Waals surface area contributed by atoms with Gasteiger partial charge < -0.3 is 33.8 Å². The van der Waals surface area contributed by atoms with E-state index in [1.54, 1.807) is 0 Å². The minimum absolute atomic E-state index is 0.103. The van der Waals surface area contributed by atoms with Gasteiger partial charge in [-0.05, 0) is 49.4 Å². The van der Waals surface area contributed by atoms with Crippen LogP contribution in [0.2, 0.25) is 0 Å². The average molecular weight is 1420 g/mol. The van der Waals surface area contributed by atoms with Gasteiger partial charge in [0.25, 0.3) is 0 Å². The van der Waals surface area contributed by atoms with Crippen molar-refractivity contribution in [3.8, 4) is 0 Å². The first-order valence-electron chi connectivity index (χ1n) is 40.2. The van der Waals surface area contributed by atoms with Crippen LogP contribution in [-0.4, -0.2) is 96.7 Å². The Morgan fingerprint density at radius 1 is 0.258 bits per heavy atom. The molecule has 97 heavy (non-hydrogen) atoms. The highest BCUT2D eigenvalue weighted by molar-refractivity contribution is 7.47. The normalized spacial score (nSPS) is 14.1. The van der Waals surface area contributed by atoms with E-state index >= 15 is 0 Å². The molecule has 0 aromatic heterocycles. The maximum atomic E-state index is 13.1. The summed E-state index contributed by atoms with van der Waals surface area (Å²) in [5.41, 5.74) is 0. The highest BCUT2D eigenvalue weighted by atomic mass is 31.2. The van der Waals surface area contributed by atoms with Crippen LogP contribution in [0, 0.1) is 23.7 Å². The fourth-order valence-electron chi connectivity index (χ4n) is 11.9. The molecule has 5 atom stereocenters. The van der Waals surface area contributed by atoms with E-state index in [2.05, 4.69) is 55.4 Å². The summed E-state index contributed by atoms with van der Waals surface area (Å²) in [6, 6.07) is 0. The van der Waals surface area contributed by atoms with Crippen LogP contribution in [0.3, 0.4) is 0 Å². The largest absolute Gasteiger partial charge is 0.472 e. The first-order chi connectivity index (χ1) is 46.6. The molecule has 576 valence electrons. The summed E-state index contributed by atoms with van der Waals surface area (Å²) >= 11 is 0. The van der Waals surface area contributed by atoms with Gasteiger partial charge in [0, 0.05) is 25.7 Å². The fraction of sp³-hybridized carbons (Fsp3) is 0.949. The van der Waals surface area contributed by atoms with Gasteiger partial charge in [0.1, 0.15) is 19.3 Å². The molecule has 0 saturated heterocycles. The number of hydrogen-bond donors (Lipinski definition) is 3. The lowest BCUT2D eigenvalue weighted by molar-refractivity contribution is -0.161. The Balaban J connectivity index is 5.22. The zero-order valence-electron chi connectivity index (χ0n) is 63.7. The lowest BCUT2D eigenvalue weighted by Gasteiger charge is -2.21. The van der Waals surface area contributed by atoms with Crippen LogP contribution in [0.4, 0.5) is 0 Å². The van der Waals surface area contributed by atoms with Crippen LogP contribution in [0.5, 0.6) is 0 Å². The van der Waals surface area contributed by atoms with Crippen LogP contribution < -0.4 is 0 Å². The van der Waals surface area contributed by atoms with Gasteiger partial charge in [0.15, 0.2) is 12.2 Å². The Kier molecular flexibility index (Phi) is 65.9. The van der Waals surface area contributed by atoms with Crippen molar-refractivity contribution in [2.24, 2.45) is 23.7 Å². The summed E-state index contributed by atoms with van der Waals surface area (Å²) in [6.45, 7) is 14.2. The molecule has 0 spiro atoms. The number of ether oxygens (including phenoxy) is 4. The van der Waals surface area contributed by atoms with Crippen LogP contribution in [0.1, 0.15) is 396 Å². The number of esters is 4. The molecule has 0 fully saturated rings. The second-order valence-corrected chi connectivity index (χ2v) is 32.9. The topological polar surface area (TPSA) is 237 Å². The molecular weight excluding hydrogens is 1270 g/mol.